The molecule has 0 unspecified atom stereocenters. The summed E-state index contributed by atoms with van der Waals surface area (Å²) >= 11 is 5.30. The number of piperidine rings is 1. The summed E-state index contributed by atoms with van der Waals surface area (Å²) in [7, 11) is 0. The predicted molar refractivity (Wildman–Crippen MR) is 86.5 cm³/mol. The first kappa shape index (κ1) is 15.2. The molecule has 1 aliphatic heterocycles. The summed E-state index contributed by atoms with van der Waals surface area (Å²) in [6.07, 6.45) is 3.91. The van der Waals surface area contributed by atoms with Gasteiger partial charge in [-0.2, -0.15) is 4.68 Å². The third-order valence-electron chi connectivity index (χ3n) is 3.95. The summed E-state index contributed by atoms with van der Waals surface area (Å²) < 4.78 is 12.9. The summed E-state index contributed by atoms with van der Waals surface area (Å²) in [5.41, 5.74) is 0.918. The number of hydrogen-bond acceptors (Lipinski definition) is 4. The Morgan fingerprint density at radius 3 is 2.64 bits per heavy atom. The monoisotopic (exact) mass is 320 g/mol. The van der Waals surface area contributed by atoms with Gasteiger partial charge in [0.15, 0.2) is 6.67 Å². The van der Waals surface area contributed by atoms with Crippen molar-refractivity contribution < 1.29 is 14.1 Å². The maximum atomic E-state index is 5.65. The molecule has 2 heterocycles. The molecule has 0 saturated carbocycles. The van der Waals surface area contributed by atoms with E-state index in [2.05, 4.69) is 5.10 Å². The summed E-state index contributed by atoms with van der Waals surface area (Å²) in [5, 5.41) is 4.53. The van der Waals surface area contributed by atoms with Crippen LogP contribution in [0.25, 0.3) is 11.5 Å². The Morgan fingerprint density at radius 1 is 1.23 bits per heavy atom. The minimum atomic E-state index is 0.446. The van der Waals surface area contributed by atoms with Gasteiger partial charge in [0.1, 0.15) is 5.75 Å². The minimum absolute atomic E-state index is 0.446. The van der Waals surface area contributed by atoms with Crippen LogP contribution < -0.4 is 9.64 Å². The van der Waals surface area contributed by atoms with Crippen molar-refractivity contribution in [2.75, 3.05) is 19.7 Å². The largest absolute Gasteiger partial charge is 0.494 e. The molecule has 0 amide bonds. The lowest BCUT2D eigenvalue weighted by Gasteiger charge is -2.22. The number of rotatable bonds is 5. The topological polar surface area (TPSA) is 44.6 Å². The van der Waals surface area contributed by atoms with Crippen LogP contribution in [0.5, 0.6) is 5.75 Å². The normalized spacial score (nSPS) is 15.9. The van der Waals surface area contributed by atoms with Gasteiger partial charge in [0.25, 0.3) is 4.84 Å². The standard InChI is InChI=1S/C16H21N3O2S/c1-2-20-14-8-6-13(7-9-14)15-17-19(16(22)21-15)12-18-10-4-3-5-11-18/h6-9H,2-5,10-12H2,1H3/p+1. The van der Waals surface area contributed by atoms with Crippen LogP contribution in [0, 0.1) is 4.84 Å². The molecule has 22 heavy (non-hydrogen) atoms. The SMILES string of the molecule is CCOc1ccc(-c2nn(C[NH+]3CCCCC3)c(=S)o2)cc1. The predicted octanol–water partition coefficient (Wildman–Crippen LogP) is 2.30. The molecule has 5 nitrogen and oxygen atoms in total. The highest BCUT2D eigenvalue weighted by Crippen LogP contribution is 2.21. The fraction of sp³-hybridized carbons (Fsp3) is 0.500. The van der Waals surface area contributed by atoms with E-state index in [0.29, 0.717) is 17.3 Å². The summed E-state index contributed by atoms with van der Waals surface area (Å²) in [6.45, 7) is 5.80. The highest BCUT2D eigenvalue weighted by atomic mass is 32.1. The molecule has 1 N–H and O–H groups in total. The van der Waals surface area contributed by atoms with Gasteiger partial charge in [-0.1, -0.05) is 0 Å². The molecule has 1 aromatic carbocycles. The zero-order valence-electron chi connectivity index (χ0n) is 12.9. The van der Waals surface area contributed by atoms with E-state index in [1.807, 2.05) is 35.9 Å². The van der Waals surface area contributed by atoms with Gasteiger partial charge in [-0.05, 0) is 62.7 Å². The van der Waals surface area contributed by atoms with E-state index in [1.165, 1.54) is 37.3 Å². The van der Waals surface area contributed by atoms with E-state index in [0.717, 1.165) is 18.0 Å². The zero-order chi connectivity index (χ0) is 15.4. The van der Waals surface area contributed by atoms with Gasteiger partial charge in [0.2, 0.25) is 5.89 Å². The average Bonchev–Trinajstić information content (AvgIpc) is 2.90. The molecule has 0 bridgehead atoms. The van der Waals surface area contributed by atoms with Gasteiger partial charge in [0, 0.05) is 5.56 Å². The van der Waals surface area contributed by atoms with E-state index < -0.39 is 0 Å². The van der Waals surface area contributed by atoms with Gasteiger partial charge < -0.3 is 14.1 Å². The summed E-state index contributed by atoms with van der Waals surface area (Å²) in [4.78, 5) is 1.97. The molecule has 0 radical (unpaired) electrons. The first-order valence-electron chi connectivity index (χ1n) is 7.91. The van der Waals surface area contributed by atoms with Crippen molar-refractivity contribution >= 4 is 12.2 Å². The quantitative estimate of drug-likeness (QED) is 0.859. The average molecular weight is 320 g/mol. The number of quaternary nitrogens is 1. The molecule has 0 spiro atoms. The number of likely N-dealkylation sites (tertiary alicyclic amines) is 1. The van der Waals surface area contributed by atoms with Crippen molar-refractivity contribution in [1.29, 1.82) is 0 Å². The van der Waals surface area contributed by atoms with Crippen molar-refractivity contribution in [2.24, 2.45) is 0 Å². The van der Waals surface area contributed by atoms with Crippen LogP contribution in [0.3, 0.4) is 0 Å². The third-order valence-corrected chi connectivity index (χ3v) is 4.25. The molecule has 0 atom stereocenters. The van der Waals surface area contributed by atoms with Crippen LogP contribution in [-0.2, 0) is 6.67 Å². The van der Waals surface area contributed by atoms with E-state index in [1.54, 1.807) is 0 Å². The molecule has 2 aromatic rings. The smallest absolute Gasteiger partial charge is 0.292 e. The third kappa shape index (κ3) is 3.56. The van der Waals surface area contributed by atoms with Crippen molar-refractivity contribution in [1.82, 2.24) is 9.78 Å². The highest BCUT2D eigenvalue weighted by Gasteiger charge is 2.16. The van der Waals surface area contributed by atoms with Crippen LogP contribution in [-0.4, -0.2) is 29.5 Å². The van der Waals surface area contributed by atoms with Crippen LogP contribution in [0.4, 0.5) is 0 Å². The number of nitrogens with zero attached hydrogens (tertiary/aromatic N) is 2. The van der Waals surface area contributed by atoms with Crippen LogP contribution in [0.1, 0.15) is 26.2 Å². The Labute approximate surface area is 135 Å². The number of nitrogens with one attached hydrogen (secondary N) is 1. The number of benzene rings is 1. The fourth-order valence-electron chi connectivity index (χ4n) is 2.80. The Balaban J connectivity index is 1.74. The number of hydrogen-bond donors (Lipinski definition) is 1. The lowest BCUT2D eigenvalue weighted by Crippen LogP contribution is -3.12. The Hall–Kier alpha value is -1.66. The number of aromatic nitrogens is 2. The first-order chi connectivity index (χ1) is 10.8. The van der Waals surface area contributed by atoms with Crippen molar-refractivity contribution in [3.05, 3.63) is 29.1 Å². The minimum Gasteiger partial charge on any atom is -0.494 e. The molecule has 1 saturated heterocycles. The van der Waals surface area contributed by atoms with E-state index in [4.69, 9.17) is 21.4 Å². The molecule has 6 heteroatoms. The molecular formula is C16H22N3O2S+. The maximum absolute atomic E-state index is 5.65. The Bertz CT molecular complexity index is 657. The van der Waals surface area contributed by atoms with Crippen molar-refractivity contribution in [3.63, 3.8) is 0 Å². The molecule has 118 valence electrons. The first-order valence-corrected chi connectivity index (χ1v) is 8.32. The summed E-state index contributed by atoms with van der Waals surface area (Å²) in [5.74, 6) is 1.42. The molecule has 1 aromatic heterocycles. The van der Waals surface area contributed by atoms with Crippen LogP contribution in [0.2, 0.25) is 0 Å². The summed E-state index contributed by atoms with van der Waals surface area (Å²) in [6, 6.07) is 7.74. The van der Waals surface area contributed by atoms with Crippen LogP contribution in [0.15, 0.2) is 28.7 Å². The van der Waals surface area contributed by atoms with E-state index in [9.17, 15) is 0 Å². The highest BCUT2D eigenvalue weighted by molar-refractivity contribution is 7.71. The van der Waals surface area contributed by atoms with Crippen molar-refractivity contribution in [2.45, 2.75) is 32.9 Å². The lowest BCUT2D eigenvalue weighted by atomic mass is 10.1. The maximum Gasteiger partial charge on any atom is 0.292 e. The second-order valence-corrected chi connectivity index (χ2v) is 5.95. The van der Waals surface area contributed by atoms with Gasteiger partial charge in [-0.3, -0.25) is 0 Å². The van der Waals surface area contributed by atoms with Crippen LogP contribution >= 0.6 is 12.2 Å². The van der Waals surface area contributed by atoms with Gasteiger partial charge in [-0.15, -0.1) is 5.10 Å². The van der Waals surface area contributed by atoms with Gasteiger partial charge in [0.05, 0.1) is 19.7 Å². The molecule has 0 aliphatic carbocycles. The fourth-order valence-corrected chi connectivity index (χ4v) is 2.99. The van der Waals surface area contributed by atoms with Gasteiger partial charge in [-0.25, -0.2) is 0 Å². The molecular weight excluding hydrogens is 298 g/mol. The second kappa shape index (κ2) is 7.07. The van der Waals surface area contributed by atoms with E-state index >= 15 is 0 Å². The Morgan fingerprint density at radius 2 is 1.95 bits per heavy atom. The van der Waals surface area contributed by atoms with E-state index in [-0.39, 0.29) is 0 Å². The molecule has 1 aliphatic rings. The molecule has 3 rings (SSSR count). The molecule has 1 fully saturated rings. The second-order valence-electron chi connectivity index (χ2n) is 5.60. The Kier molecular flexibility index (Phi) is 4.90. The number of ether oxygens (including phenoxy) is 1. The van der Waals surface area contributed by atoms with Crippen molar-refractivity contribution in [3.8, 4) is 17.2 Å². The zero-order valence-corrected chi connectivity index (χ0v) is 13.7. The lowest BCUT2D eigenvalue weighted by molar-refractivity contribution is -0.928. The van der Waals surface area contributed by atoms with Gasteiger partial charge >= 0.3 is 0 Å².